The van der Waals surface area contributed by atoms with Crippen molar-refractivity contribution in [3.8, 4) is 33.8 Å². The van der Waals surface area contributed by atoms with Crippen LogP contribution in [0, 0.1) is 0 Å². The maximum Gasteiger partial charge on any atom is 0.247 e. The molecule has 0 unspecified atom stereocenters. The highest BCUT2D eigenvalue weighted by Gasteiger charge is 2.19. The Labute approximate surface area is 442 Å². The van der Waals surface area contributed by atoms with Gasteiger partial charge < -0.3 is 50.8 Å². The summed E-state index contributed by atoms with van der Waals surface area (Å²) in [7, 11) is 7.67. The van der Waals surface area contributed by atoms with Gasteiger partial charge in [-0.05, 0) is 97.5 Å². The third-order valence-electron chi connectivity index (χ3n) is 12.8. The largest absolute Gasteiger partial charge is 0.494 e. The molecule has 10 rings (SSSR count). The van der Waals surface area contributed by atoms with Gasteiger partial charge in [0.1, 0.15) is 11.5 Å². The van der Waals surface area contributed by atoms with Gasteiger partial charge in [0.25, 0.3) is 0 Å². The van der Waals surface area contributed by atoms with Crippen molar-refractivity contribution < 1.29 is 19.1 Å². The van der Waals surface area contributed by atoms with E-state index in [-0.39, 0.29) is 5.91 Å². The molecule has 2 aliphatic heterocycles. The number of nitrogens with zero attached hydrogens (tertiary/aromatic N) is 8. The number of amides is 1. The molecular weight excluding hydrogens is 964 g/mol. The molecule has 4 heterocycles. The second-order valence-corrected chi connectivity index (χ2v) is 18.3. The Morgan fingerprint density at radius 1 is 0.600 bits per heavy atom. The number of ether oxygens (including phenoxy) is 2. The number of anilines is 8. The van der Waals surface area contributed by atoms with E-state index >= 15 is 0 Å². The summed E-state index contributed by atoms with van der Waals surface area (Å²) in [4.78, 5) is 49.4. The maximum atomic E-state index is 11.8. The van der Waals surface area contributed by atoms with E-state index in [1.54, 1.807) is 14.2 Å². The molecule has 16 nitrogen and oxygen atoms in total. The standard InChI is InChI=1S/C29H30N6O2.C26H28N6O.C3H3ClO/c1-4-27(36)31-22-9-5-7-20(17-22)24-10-6-8-21-19-30-29(33-28(21)24)32-25-12-11-23(18-26(25)37-3)35-15-13-34(2)14-16-35;1-31-11-13-32(14-12-31)21-9-10-23(24(16-21)33-2)29-26-28-17-19-6-4-8-22(25(19)30-26)18-5-3-7-20(27)15-18;1-2-3(4)5/h4-12,17-19H,1,13-16H2,2-3H3,(H,31,36)(H,30,32,33);3-10,15-17H,11-14,27H2,1-2H3,(H,28,29,30);2H,1H2. The number of nitrogens with one attached hydrogen (secondary N) is 3. The molecule has 0 aliphatic carbocycles. The van der Waals surface area contributed by atoms with E-state index in [1.165, 1.54) is 6.08 Å². The minimum Gasteiger partial charge on any atom is -0.494 e. The van der Waals surface area contributed by atoms with Crippen LogP contribution in [0.1, 0.15) is 0 Å². The predicted molar refractivity (Wildman–Crippen MR) is 306 cm³/mol. The number of aromatic nitrogens is 4. The number of likely N-dealkylation sites (N-methyl/N-ethyl adjacent to an activating group) is 2. The average Bonchev–Trinajstić information content (AvgIpc) is 3.44. The first kappa shape index (κ1) is 52.7. The van der Waals surface area contributed by atoms with Crippen LogP contribution in [0.4, 0.5) is 46.0 Å². The van der Waals surface area contributed by atoms with Crippen molar-refractivity contribution >= 4 is 90.6 Å². The fraction of sp³-hybridized carbons (Fsp3) is 0.207. The van der Waals surface area contributed by atoms with E-state index in [9.17, 15) is 9.59 Å². The van der Waals surface area contributed by atoms with Gasteiger partial charge in [-0.15, -0.1) is 0 Å². The van der Waals surface area contributed by atoms with Crippen LogP contribution in [0.25, 0.3) is 44.1 Å². The first-order valence-electron chi connectivity index (χ1n) is 24.4. The van der Waals surface area contributed by atoms with Gasteiger partial charge in [-0.1, -0.05) is 73.8 Å². The van der Waals surface area contributed by atoms with Crippen LogP contribution in [0.15, 0.2) is 159 Å². The molecular formula is C58H61ClN12O4. The number of allylic oxidation sites excluding steroid dienone is 1. The summed E-state index contributed by atoms with van der Waals surface area (Å²) >= 11 is 4.71. The summed E-state index contributed by atoms with van der Waals surface area (Å²) in [6.45, 7) is 14.8. The molecule has 0 bridgehead atoms. The van der Waals surface area contributed by atoms with Crippen molar-refractivity contribution in [1.82, 2.24) is 29.7 Å². The maximum absolute atomic E-state index is 11.8. The summed E-state index contributed by atoms with van der Waals surface area (Å²) < 4.78 is 11.4. The zero-order valence-corrected chi connectivity index (χ0v) is 43.3. The van der Waals surface area contributed by atoms with E-state index in [0.29, 0.717) is 17.6 Å². The molecule has 75 heavy (non-hydrogen) atoms. The minimum absolute atomic E-state index is 0.253. The smallest absolute Gasteiger partial charge is 0.247 e. The number of carbonyl (C=O) groups excluding carboxylic acids is 2. The van der Waals surface area contributed by atoms with Crippen LogP contribution in [-0.2, 0) is 9.59 Å². The lowest BCUT2D eigenvalue weighted by atomic mass is 10.0. The van der Waals surface area contributed by atoms with E-state index in [0.717, 1.165) is 142 Å². The number of halogens is 1. The van der Waals surface area contributed by atoms with Gasteiger partial charge in [-0.2, -0.15) is 0 Å². The van der Waals surface area contributed by atoms with Gasteiger partial charge in [0, 0.05) is 122 Å². The molecule has 384 valence electrons. The molecule has 8 aromatic rings. The lowest BCUT2D eigenvalue weighted by Gasteiger charge is -2.34. The van der Waals surface area contributed by atoms with E-state index < -0.39 is 5.24 Å². The van der Waals surface area contributed by atoms with Crippen LogP contribution in [-0.4, -0.2) is 122 Å². The number of carbonyl (C=O) groups is 2. The van der Waals surface area contributed by atoms with Crippen LogP contribution in [0.3, 0.4) is 0 Å². The molecule has 2 saturated heterocycles. The number of hydrogen-bond acceptors (Lipinski definition) is 15. The van der Waals surface area contributed by atoms with Gasteiger partial charge in [-0.3, -0.25) is 9.59 Å². The van der Waals surface area contributed by atoms with Crippen molar-refractivity contribution in [1.29, 1.82) is 0 Å². The summed E-state index contributed by atoms with van der Waals surface area (Å²) in [5.41, 5.74) is 17.0. The number of hydrogen-bond donors (Lipinski definition) is 4. The highest BCUT2D eigenvalue weighted by Crippen LogP contribution is 2.36. The zero-order chi connectivity index (χ0) is 52.8. The van der Waals surface area contributed by atoms with E-state index in [1.807, 2.05) is 103 Å². The first-order valence-corrected chi connectivity index (χ1v) is 24.8. The van der Waals surface area contributed by atoms with Crippen molar-refractivity contribution in [2.24, 2.45) is 0 Å². The minimum atomic E-state index is -0.509. The number of para-hydroxylation sites is 2. The van der Waals surface area contributed by atoms with Gasteiger partial charge in [0.15, 0.2) is 0 Å². The monoisotopic (exact) mass is 1020 g/mol. The Balaban J connectivity index is 0.000000184. The Hall–Kier alpha value is -8.57. The second-order valence-electron chi connectivity index (χ2n) is 17.9. The molecule has 0 saturated carbocycles. The number of rotatable bonds is 13. The van der Waals surface area contributed by atoms with Crippen LogP contribution < -0.4 is 41.0 Å². The Morgan fingerprint density at radius 2 is 1.05 bits per heavy atom. The van der Waals surface area contributed by atoms with Gasteiger partial charge in [0.2, 0.25) is 23.0 Å². The van der Waals surface area contributed by atoms with Gasteiger partial charge in [-0.25, -0.2) is 19.9 Å². The lowest BCUT2D eigenvalue weighted by Crippen LogP contribution is -2.44. The summed E-state index contributed by atoms with van der Waals surface area (Å²) in [5.74, 6) is 2.24. The van der Waals surface area contributed by atoms with Crippen molar-refractivity contribution in [2.45, 2.75) is 0 Å². The lowest BCUT2D eigenvalue weighted by molar-refractivity contribution is -0.112. The summed E-state index contributed by atoms with van der Waals surface area (Å²) in [5, 5.41) is 10.9. The number of benzene rings is 6. The van der Waals surface area contributed by atoms with Crippen molar-refractivity contribution in [3.63, 3.8) is 0 Å². The second kappa shape index (κ2) is 24.9. The molecule has 6 aromatic carbocycles. The van der Waals surface area contributed by atoms with Gasteiger partial charge >= 0.3 is 0 Å². The van der Waals surface area contributed by atoms with Crippen molar-refractivity contribution in [3.05, 3.63) is 159 Å². The normalized spacial score (nSPS) is 13.6. The molecule has 0 atom stereocenters. The number of nitrogens with two attached hydrogens (primary N) is 1. The van der Waals surface area contributed by atoms with Crippen molar-refractivity contribution in [2.75, 3.05) is 112 Å². The summed E-state index contributed by atoms with van der Waals surface area (Å²) in [6, 6.07) is 40.0. The molecule has 2 aromatic heterocycles. The number of methoxy groups -OCH3 is 2. The van der Waals surface area contributed by atoms with Crippen LogP contribution in [0.2, 0.25) is 0 Å². The molecule has 0 spiro atoms. The highest BCUT2D eigenvalue weighted by atomic mass is 35.5. The molecule has 1 amide bonds. The fourth-order valence-electron chi connectivity index (χ4n) is 8.69. The van der Waals surface area contributed by atoms with Gasteiger partial charge in [0.05, 0.1) is 36.6 Å². The third-order valence-corrected chi connectivity index (χ3v) is 13.0. The zero-order valence-electron chi connectivity index (χ0n) is 42.6. The Bertz CT molecular complexity index is 3320. The molecule has 2 aliphatic rings. The average molecular weight is 1030 g/mol. The number of piperazine rings is 2. The first-order chi connectivity index (χ1) is 36.4. The SMILES string of the molecule is C=CC(=O)Cl.C=CC(=O)Nc1cccc(-c2cccc3cnc(Nc4ccc(N5CCN(C)CC5)cc4OC)nc23)c1.COc1cc(N2CCN(C)CC2)ccc1Nc1ncc2cccc(-c3cccc(N)c3)c2n1. The van der Waals surface area contributed by atoms with E-state index in [2.05, 4.69) is 103 Å². The Kier molecular flexibility index (Phi) is 17.5. The number of fused-ring (bicyclic) bond motifs is 2. The highest BCUT2D eigenvalue weighted by molar-refractivity contribution is 6.66. The fourth-order valence-corrected chi connectivity index (χ4v) is 8.69. The topological polar surface area (TPSA) is 179 Å². The quantitative estimate of drug-likeness (QED) is 0.0487. The molecule has 0 radical (unpaired) electrons. The number of nitrogen functional groups attached to an aromatic ring is 1. The summed E-state index contributed by atoms with van der Waals surface area (Å²) in [6.07, 6.45) is 5.94. The third kappa shape index (κ3) is 13.5. The predicted octanol–water partition coefficient (Wildman–Crippen LogP) is 10.2. The molecule has 17 heteroatoms. The Morgan fingerprint density at radius 3 is 1.49 bits per heavy atom. The van der Waals surface area contributed by atoms with E-state index in [4.69, 9.17) is 36.8 Å². The van der Waals surface area contributed by atoms with Crippen LogP contribution in [0.5, 0.6) is 11.5 Å². The van der Waals surface area contributed by atoms with Crippen LogP contribution >= 0.6 is 11.6 Å². The molecule has 2 fully saturated rings. The molecule has 5 N–H and O–H groups in total.